The monoisotopic (exact) mass is 254 g/mol. The predicted molar refractivity (Wildman–Crippen MR) is 70.7 cm³/mol. The third-order valence-corrected chi connectivity index (χ3v) is 2.85. The number of hydrazine groups is 1. The first-order chi connectivity index (χ1) is 9.22. The number of amides is 1. The van der Waals surface area contributed by atoms with Gasteiger partial charge >= 0.3 is 0 Å². The fourth-order valence-corrected chi connectivity index (χ4v) is 1.85. The molecule has 1 heterocycles. The molecule has 0 saturated heterocycles. The predicted octanol–water partition coefficient (Wildman–Crippen LogP) is 0.940. The number of hydrogen-bond donors (Lipinski definition) is 2. The molecule has 5 nitrogen and oxygen atoms in total. The molecule has 5 heteroatoms. The number of rotatable bonds is 4. The van der Waals surface area contributed by atoms with E-state index in [9.17, 15) is 4.79 Å². The van der Waals surface area contributed by atoms with Gasteiger partial charge in [-0.25, -0.2) is 5.84 Å². The van der Waals surface area contributed by atoms with Crippen molar-refractivity contribution in [2.24, 2.45) is 5.84 Å². The van der Waals surface area contributed by atoms with Crippen LogP contribution < -0.4 is 11.3 Å². The van der Waals surface area contributed by atoms with Gasteiger partial charge in [-0.2, -0.15) is 5.26 Å². The van der Waals surface area contributed by atoms with Gasteiger partial charge in [0.1, 0.15) is 11.8 Å². The number of benzene rings is 1. The van der Waals surface area contributed by atoms with Gasteiger partial charge in [-0.15, -0.1) is 0 Å². The Morgan fingerprint density at radius 1 is 1.26 bits per heavy atom. The molecule has 1 amide bonds. The SMILES string of the molecule is N#Cc1cccn1Cc1ccc(CC(=O)NN)cc1. The maximum absolute atomic E-state index is 11.1. The van der Waals surface area contributed by atoms with Crippen LogP contribution in [-0.2, 0) is 17.8 Å². The summed E-state index contributed by atoms with van der Waals surface area (Å²) >= 11 is 0. The third-order valence-electron chi connectivity index (χ3n) is 2.85. The zero-order valence-electron chi connectivity index (χ0n) is 10.3. The second kappa shape index (κ2) is 5.85. The van der Waals surface area contributed by atoms with E-state index in [0.29, 0.717) is 12.2 Å². The largest absolute Gasteiger partial charge is 0.335 e. The van der Waals surface area contributed by atoms with Crippen LogP contribution in [-0.4, -0.2) is 10.5 Å². The lowest BCUT2D eigenvalue weighted by Crippen LogP contribution is -2.31. The molecule has 0 fully saturated rings. The Balaban J connectivity index is 2.07. The summed E-state index contributed by atoms with van der Waals surface area (Å²) in [4.78, 5) is 11.1. The third kappa shape index (κ3) is 3.21. The van der Waals surface area contributed by atoms with Crippen LogP contribution in [0.3, 0.4) is 0 Å². The summed E-state index contributed by atoms with van der Waals surface area (Å²) < 4.78 is 1.88. The van der Waals surface area contributed by atoms with Gasteiger partial charge in [-0.1, -0.05) is 24.3 Å². The molecule has 0 aliphatic carbocycles. The van der Waals surface area contributed by atoms with Crippen molar-refractivity contribution in [3.63, 3.8) is 0 Å². The summed E-state index contributed by atoms with van der Waals surface area (Å²) in [5.74, 6) is 4.82. The summed E-state index contributed by atoms with van der Waals surface area (Å²) in [6.07, 6.45) is 2.14. The molecule has 3 N–H and O–H groups in total. The van der Waals surface area contributed by atoms with Crippen LogP contribution in [0, 0.1) is 11.3 Å². The lowest BCUT2D eigenvalue weighted by Gasteiger charge is -2.06. The minimum Gasteiger partial charge on any atom is -0.335 e. The van der Waals surface area contributed by atoms with Gasteiger partial charge in [0.05, 0.1) is 6.42 Å². The van der Waals surface area contributed by atoms with Gasteiger partial charge in [0, 0.05) is 12.7 Å². The molecule has 1 aromatic carbocycles. The summed E-state index contributed by atoms with van der Waals surface area (Å²) in [6, 6.07) is 13.4. The Morgan fingerprint density at radius 3 is 2.58 bits per heavy atom. The van der Waals surface area contributed by atoms with E-state index in [2.05, 4.69) is 11.5 Å². The van der Waals surface area contributed by atoms with Crippen molar-refractivity contribution >= 4 is 5.91 Å². The highest BCUT2D eigenvalue weighted by molar-refractivity contribution is 5.77. The first-order valence-corrected chi connectivity index (χ1v) is 5.85. The number of carbonyl (C=O) groups excluding carboxylic acids is 1. The van der Waals surface area contributed by atoms with Gasteiger partial charge < -0.3 is 4.57 Å². The zero-order chi connectivity index (χ0) is 13.7. The molecule has 19 heavy (non-hydrogen) atoms. The molecule has 0 aliphatic heterocycles. The molecule has 96 valence electrons. The highest BCUT2D eigenvalue weighted by Crippen LogP contribution is 2.09. The lowest BCUT2D eigenvalue weighted by molar-refractivity contribution is -0.120. The van der Waals surface area contributed by atoms with Crippen molar-refractivity contribution in [3.8, 4) is 6.07 Å². The van der Waals surface area contributed by atoms with E-state index in [1.807, 2.05) is 41.1 Å². The van der Waals surface area contributed by atoms with Crippen LogP contribution in [0.15, 0.2) is 42.6 Å². The average molecular weight is 254 g/mol. The average Bonchev–Trinajstić information content (AvgIpc) is 2.88. The van der Waals surface area contributed by atoms with Crippen molar-refractivity contribution in [2.75, 3.05) is 0 Å². The number of nitriles is 1. The molecule has 0 saturated carbocycles. The highest BCUT2D eigenvalue weighted by atomic mass is 16.2. The zero-order valence-corrected chi connectivity index (χ0v) is 10.3. The van der Waals surface area contributed by atoms with Gasteiger partial charge in [-0.3, -0.25) is 10.2 Å². The fraction of sp³-hybridized carbons (Fsp3) is 0.143. The van der Waals surface area contributed by atoms with Gasteiger partial charge in [0.25, 0.3) is 0 Å². The molecular formula is C14H14N4O. The Kier molecular flexibility index (Phi) is 3.96. The van der Waals surface area contributed by atoms with Crippen LogP contribution >= 0.6 is 0 Å². The highest BCUT2D eigenvalue weighted by Gasteiger charge is 2.03. The molecule has 0 atom stereocenters. The van der Waals surface area contributed by atoms with Crippen LogP contribution in [0.2, 0.25) is 0 Å². The van der Waals surface area contributed by atoms with Crippen LogP contribution in [0.25, 0.3) is 0 Å². The van der Waals surface area contributed by atoms with Crippen molar-refractivity contribution in [1.29, 1.82) is 5.26 Å². The van der Waals surface area contributed by atoms with Gasteiger partial charge in [0.2, 0.25) is 5.91 Å². The first-order valence-electron chi connectivity index (χ1n) is 5.85. The van der Waals surface area contributed by atoms with Crippen LogP contribution in [0.1, 0.15) is 16.8 Å². The van der Waals surface area contributed by atoms with Crippen LogP contribution in [0.5, 0.6) is 0 Å². The summed E-state index contributed by atoms with van der Waals surface area (Å²) in [5, 5.41) is 8.93. The number of hydrogen-bond acceptors (Lipinski definition) is 3. The topological polar surface area (TPSA) is 83.8 Å². The van der Waals surface area contributed by atoms with E-state index in [0.717, 1.165) is 11.1 Å². The maximum atomic E-state index is 11.1. The molecule has 0 unspecified atom stereocenters. The van der Waals surface area contributed by atoms with E-state index in [-0.39, 0.29) is 12.3 Å². The van der Waals surface area contributed by atoms with Gasteiger partial charge in [-0.05, 0) is 23.3 Å². The number of carbonyl (C=O) groups is 1. The molecular weight excluding hydrogens is 240 g/mol. The molecule has 0 bridgehead atoms. The van der Waals surface area contributed by atoms with Crippen molar-refractivity contribution < 1.29 is 4.79 Å². The molecule has 2 rings (SSSR count). The quantitative estimate of drug-likeness (QED) is 0.484. The smallest absolute Gasteiger partial charge is 0.238 e. The van der Waals surface area contributed by atoms with Crippen molar-refractivity contribution in [3.05, 3.63) is 59.4 Å². The van der Waals surface area contributed by atoms with E-state index < -0.39 is 0 Å². The summed E-state index contributed by atoms with van der Waals surface area (Å²) in [5.41, 5.74) is 4.71. The minimum atomic E-state index is -0.218. The number of nitrogens with zero attached hydrogens (tertiary/aromatic N) is 2. The second-order valence-electron chi connectivity index (χ2n) is 4.19. The molecule has 2 aromatic rings. The second-order valence-corrected chi connectivity index (χ2v) is 4.19. The maximum Gasteiger partial charge on any atom is 0.238 e. The normalized spacial score (nSPS) is 9.89. The van der Waals surface area contributed by atoms with Gasteiger partial charge in [0.15, 0.2) is 0 Å². The number of nitrogens with two attached hydrogens (primary N) is 1. The fourth-order valence-electron chi connectivity index (χ4n) is 1.85. The standard InChI is InChI=1S/C14H14N4O/c15-9-13-2-1-7-18(13)10-12-5-3-11(4-6-12)8-14(19)17-16/h1-7H,8,10,16H2,(H,17,19). The van der Waals surface area contributed by atoms with Crippen molar-refractivity contribution in [2.45, 2.75) is 13.0 Å². The molecule has 0 spiro atoms. The summed E-state index contributed by atoms with van der Waals surface area (Å²) in [6.45, 7) is 0.638. The van der Waals surface area contributed by atoms with Crippen molar-refractivity contribution in [1.82, 2.24) is 9.99 Å². The van der Waals surface area contributed by atoms with E-state index in [1.165, 1.54) is 0 Å². The minimum absolute atomic E-state index is 0.218. The first kappa shape index (κ1) is 12.9. The Bertz CT molecular complexity index is 607. The Labute approximate surface area is 111 Å². The molecule has 0 radical (unpaired) electrons. The van der Waals surface area contributed by atoms with E-state index >= 15 is 0 Å². The lowest BCUT2D eigenvalue weighted by atomic mass is 10.1. The molecule has 0 aliphatic rings. The van der Waals surface area contributed by atoms with E-state index in [1.54, 1.807) is 6.07 Å². The summed E-state index contributed by atoms with van der Waals surface area (Å²) in [7, 11) is 0. The van der Waals surface area contributed by atoms with Crippen LogP contribution in [0.4, 0.5) is 0 Å². The Hall–Kier alpha value is -2.58. The Morgan fingerprint density at radius 2 is 1.95 bits per heavy atom. The molecule has 1 aromatic heterocycles. The van der Waals surface area contributed by atoms with E-state index in [4.69, 9.17) is 11.1 Å². The number of nitrogens with one attached hydrogen (secondary N) is 1. The number of aromatic nitrogens is 1.